The molecule has 51 heavy (non-hydrogen) atoms. The Bertz CT molecular complexity index is 1570. The second-order valence-electron chi connectivity index (χ2n) is 18.5. The molecule has 0 aromatic heterocycles. The van der Waals surface area contributed by atoms with E-state index in [1.54, 1.807) is 6.21 Å². The molecule has 0 saturated carbocycles. The van der Waals surface area contributed by atoms with Gasteiger partial charge in [-0.25, -0.2) is 0 Å². The molecule has 5 heteroatoms. The van der Waals surface area contributed by atoms with E-state index in [1.165, 1.54) is 0 Å². The number of unbranched alkanes of at least 4 members (excludes halogenated alkanes) is 2. The summed E-state index contributed by atoms with van der Waals surface area (Å²) in [6.07, 6.45) is 5.54. The van der Waals surface area contributed by atoms with Crippen molar-refractivity contribution in [3.63, 3.8) is 0 Å². The lowest BCUT2D eigenvalue weighted by molar-refractivity contribution is 0.0519. The Morgan fingerprint density at radius 1 is 0.608 bits per heavy atom. The summed E-state index contributed by atoms with van der Waals surface area (Å²) in [5.74, 6) is 1.48. The van der Waals surface area contributed by atoms with Crippen molar-refractivity contribution in [1.82, 2.24) is 0 Å². The van der Waals surface area contributed by atoms with Crippen molar-refractivity contribution < 1.29 is 19.7 Å². The third-order valence-electron chi connectivity index (χ3n) is 9.88. The van der Waals surface area contributed by atoms with Crippen LogP contribution in [0.3, 0.4) is 0 Å². The highest BCUT2D eigenvalue weighted by molar-refractivity contribution is 5.85. The normalized spacial score (nSPS) is 13.9. The topological polar surface area (TPSA) is 71.3 Å². The van der Waals surface area contributed by atoms with Gasteiger partial charge in [0.1, 0.15) is 22.8 Å². The molecule has 3 aromatic carbocycles. The summed E-state index contributed by atoms with van der Waals surface area (Å²) in [5, 5.41) is 25.3. The summed E-state index contributed by atoms with van der Waals surface area (Å²) in [7, 11) is 0. The Balaban J connectivity index is 2.45. The van der Waals surface area contributed by atoms with Crippen LogP contribution in [0.2, 0.25) is 0 Å². The summed E-state index contributed by atoms with van der Waals surface area (Å²) >= 11 is 0. The van der Waals surface area contributed by atoms with E-state index >= 15 is 0 Å². The summed E-state index contributed by atoms with van der Waals surface area (Å²) in [5.41, 5.74) is 3.66. The van der Waals surface area contributed by atoms with Crippen LogP contribution in [-0.4, -0.2) is 35.7 Å². The van der Waals surface area contributed by atoms with Gasteiger partial charge in [0, 0.05) is 28.5 Å². The lowest BCUT2D eigenvalue weighted by Gasteiger charge is -2.37. The molecule has 0 heterocycles. The Morgan fingerprint density at radius 3 is 1.39 bits per heavy atom. The van der Waals surface area contributed by atoms with Gasteiger partial charge in [-0.2, -0.15) is 0 Å². The van der Waals surface area contributed by atoms with Crippen molar-refractivity contribution in [3.05, 3.63) is 87.5 Å². The lowest BCUT2D eigenvalue weighted by Crippen LogP contribution is -2.39. The fourth-order valence-corrected chi connectivity index (χ4v) is 6.15. The zero-order valence-electron chi connectivity index (χ0n) is 34.7. The predicted octanol–water partition coefficient (Wildman–Crippen LogP) is 11.7. The minimum Gasteiger partial charge on any atom is -0.507 e. The summed E-state index contributed by atoms with van der Waals surface area (Å²) in [6, 6.07) is 15.9. The van der Waals surface area contributed by atoms with Crippen LogP contribution in [0.1, 0.15) is 168 Å². The van der Waals surface area contributed by atoms with Gasteiger partial charge in [0.25, 0.3) is 0 Å². The van der Waals surface area contributed by atoms with Crippen molar-refractivity contribution >= 4 is 6.21 Å². The van der Waals surface area contributed by atoms with E-state index in [4.69, 9.17) is 14.5 Å². The van der Waals surface area contributed by atoms with Crippen LogP contribution >= 0.6 is 0 Å². The molecule has 1 unspecified atom stereocenters. The first-order valence-electron chi connectivity index (χ1n) is 19.1. The summed E-state index contributed by atoms with van der Waals surface area (Å²) in [6.45, 7) is 33.3. The number of rotatable bonds is 13. The highest BCUT2D eigenvalue weighted by atomic mass is 16.5. The fourth-order valence-electron chi connectivity index (χ4n) is 6.15. The van der Waals surface area contributed by atoms with E-state index in [0.29, 0.717) is 41.4 Å². The standard InChI is InChI=1S/C46H69NO4/c1-16-18-24-50-39-22-20-33(42(4,5)6)27-36(39)46(49,37-28-34(43(7,8)9)21-23-40(37)51-25-19-17-2)31(3)47-30-32-26-35(44(10,11)12)29-38(41(32)48)45(13,14)15/h20-23,26-31,48-49H,16-19,24-25H2,1-15H3. The highest BCUT2D eigenvalue weighted by Gasteiger charge is 2.44. The molecule has 0 fully saturated rings. The Labute approximate surface area is 310 Å². The van der Waals surface area contributed by atoms with E-state index < -0.39 is 11.6 Å². The number of aromatic hydroxyl groups is 1. The van der Waals surface area contributed by atoms with Gasteiger partial charge in [-0.15, -0.1) is 0 Å². The first-order chi connectivity index (χ1) is 23.5. The molecule has 5 nitrogen and oxygen atoms in total. The van der Waals surface area contributed by atoms with Crippen LogP contribution in [0.5, 0.6) is 17.2 Å². The maximum atomic E-state index is 13.7. The minimum absolute atomic E-state index is 0.140. The third kappa shape index (κ3) is 10.2. The maximum absolute atomic E-state index is 13.7. The molecule has 0 aliphatic carbocycles. The minimum atomic E-state index is -1.66. The van der Waals surface area contributed by atoms with Gasteiger partial charge in [-0.1, -0.05) is 128 Å². The second-order valence-corrected chi connectivity index (χ2v) is 18.5. The Morgan fingerprint density at radius 2 is 1.02 bits per heavy atom. The van der Waals surface area contributed by atoms with Crippen molar-refractivity contribution in [1.29, 1.82) is 0 Å². The molecule has 2 N–H and O–H groups in total. The molecular weight excluding hydrogens is 631 g/mol. The van der Waals surface area contributed by atoms with Crippen molar-refractivity contribution in [2.24, 2.45) is 4.99 Å². The molecule has 3 aromatic rings. The zero-order chi connectivity index (χ0) is 38.6. The number of nitrogens with zero attached hydrogens (tertiary/aromatic N) is 1. The molecule has 0 aliphatic heterocycles. The van der Waals surface area contributed by atoms with E-state index in [9.17, 15) is 10.2 Å². The van der Waals surface area contributed by atoms with Gasteiger partial charge >= 0.3 is 0 Å². The molecule has 0 saturated heterocycles. The van der Waals surface area contributed by atoms with Gasteiger partial charge in [0.2, 0.25) is 0 Å². The number of phenols is 1. The smallest absolute Gasteiger partial charge is 0.144 e. The van der Waals surface area contributed by atoms with Gasteiger partial charge in [-0.3, -0.25) is 4.99 Å². The number of hydrogen-bond acceptors (Lipinski definition) is 5. The van der Waals surface area contributed by atoms with Crippen LogP contribution in [0.25, 0.3) is 0 Å². The number of benzene rings is 3. The molecule has 0 aliphatic rings. The molecule has 0 bridgehead atoms. The van der Waals surface area contributed by atoms with Crippen molar-refractivity contribution in [3.8, 4) is 17.2 Å². The molecule has 282 valence electrons. The number of ether oxygens (including phenoxy) is 2. The van der Waals surface area contributed by atoms with Crippen LogP contribution in [-0.2, 0) is 27.3 Å². The first-order valence-corrected chi connectivity index (χ1v) is 19.1. The Hall–Kier alpha value is -3.31. The molecule has 1 atom stereocenters. The molecule has 0 spiro atoms. The quantitative estimate of drug-likeness (QED) is 0.138. The maximum Gasteiger partial charge on any atom is 0.144 e. The van der Waals surface area contributed by atoms with Crippen LogP contribution < -0.4 is 9.47 Å². The molecule has 0 amide bonds. The average molecular weight is 700 g/mol. The van der Waals surface area contributed by atoms with Crippen molar-refractivity contribution in [2.45, 2.75) is 163 Å². The van der Waals surface area contributed by atoms with Gasteiger partial charge < -0.3 is 19.7 Å². The Kier molecular flexibility index (Phi) is 13.3. The van der Waals surface area contributed by atoms with Gasteiger partial charge in [-0.05, 0) is 88.4 Å². The lowest BCUT2D eigenvalue weighted by atomic mass is 9.75. The molecule has 0 radical (unpaired) electrons. The van der Waals surface area contributed by atoms with Crippen LogP contribution in [0, 0.1) is 0 Å². The SMILES string of the molecule is CCCCOc1ccc(C(C)(C)C)cc1C(O)(c1cc(C(C)(C)C)ccc1OCCCC)C(C)N=Cc1cc(C(C)(C)C)cc(C(C)(C)C)c1O. The second kappa shape index (κ2) is 16.1. The van der Waals surface area contributed by atoms with E-state index in [2.05, 4.69) is 127 Å². The monoisotopic (exact) mass is 700 g/mol. The number of aliphatic hydroxyl groups is 1. The number of phenolic OH excluding ortho intramolecular Hbond substituents is 1. The summed E-state index contributed by atoms with van der Waals surface area (Å²) in [4.78, 5) is 5.14. The van der Waals surface area contributed by atoms with E-state index in [-0.39, 0.29) is 27.4 Å². The van der Waals surface area contributed by atoms with Gasteiger partial charge in [0.15, 0.2) is 0 Å². The van der Waals surface area contributed by atoms with Crippen LogP contribution in [0.15, 0.2) is 53.5 Å². The highest BCUT2D eigenvalue weighted by Crippen LogP contribution is 2.47. The molecule has 3 rings (SSSR count). The number of aliphatic imine (C=N–C) groups is 1. The largest absolute Gasteiger partial charge is 0.507 e. The summed E-state index contributed by atoms with van der Waals surface area (Å²) < 4.78 is 13.0. The average Bonchev–Trinajstić information content (AvgIpc) is 3.02. The van der Waals surface area contributed by atoms with E-state index in [0.717, 1.165) is 47.9 Å². The fraction of sp³-hybridized carbons (Fsp3) is 0.587. The van der Waals surface area contributed by atoms with Crippen molar-refractivity contribution in [2.75, 3.05) is 13.2 Å². The van der Waals surface area contributed by atoms with E-state index in [1.807, 2.05) is 25.1 Å². The predicted molar refractivity (Wildman–Crippen MR) is 217 cm³/mol. The first kappa shape index (κ1) is 42.1. The number of hydrogen-bond donors (Lipinski definition) is 2. The zero-order valence-corrected chi connectivity index (χ0v) is 34.7. The molecular formula is C46H69NO4. The third-order valence-corrected chi connectivity index (χ3v) is 9.88. The van der Waals surface area contributed by atoms with Crippen LogP contribution in [0.4, 0.5) is 0 Å². The van der Waals surface area contributed by atoms with Gasteiger partial charge in [0.05, 0.1) is 19.3 Å².